The van der Waals surface area contributed by atoms with Gasteiger partial charge in [0.1, 0.15) is 0 Å². The van der Waals surface area contributed by atoms with E-state index in [1.807, 2.05) is 0 Å². The predicted octanol–water partition coefficient (Wildman–Crippen LogP) is 1.63. The summed E-state index contributed by atoms with van der Waals surface area (Å²) in [5.74, 6) is -0.199. The molecule has 8 heteroatoms. The number of nitrogens with zero attached hydrogens (tertiary/aromatic N) is 1. The number of aromatic nitrogens is 2. The normalized spacial score (nSPS) is 9.24. The van der Waals surface area contributed by atoms with Crippen LogP contribution >= 0.6 is 24.8 Å². The van der Waals surface area contributed by atoms with Gasteiger partial charge in [-0.3, -0.25) is 19.9 Å². The Morgan fingerprint density at radius 1 is 1.29 bits per heavy atom. The summed E-state index contributed by atoms with van der Waals surface area (Å²) in [7, 11) is 0. The van der Waals surface area contributed by atoms with E-state index in [1.54, 1.807) is 31.2 Å². The molecule has 0 spiro atoms. The molecule has 114 valence electrons. The highest BCUT2D eigenvalue weighted by molar-refractivity contribution is 6.03. The molecule has 0 saturated carbocycles. The summed E-state index contributed by atoms with van der Waals surface area (Å²) >= 11 is 0. The summed E-state index contributed by atoms with van der Waals surface area (Å²) in [6, 6.07) is 8.26. The van der Waals surface area contributed by atoms with Crippen molar-refractivity contribution in [3.05, 3.63) is 57.5 Å². The SMILES string of the molecule is Cc1cc(=O)[nH]c(NC(=O)c2ccc(CN)cc2)n1.Cl.Cl. The number of amides is 1. The van der Waals surface area contributed by atoms with Gasteiger partial charge in [0.2, 0.25) is 5.95 Å². The third-order valence-electron chi connectivity index (χ3n) is 2.55. The topological polar surface area (TPSA) is 101 Å². The van der Waals surface area contributed by atoms with Gasteiger partial charge in [0, 0.05) is 23.9 Å². The van der Waals surface area contributed by atoms with E-state index >= 15 is 0 Å². The Morgan fingerprint density at radius 3 is 2.43 bits per heavy atom. The smallest absolute Gasteiger partial charge is 0.257 e. The minimum atomic E-state index is -0.336. The Bertz CT molecular complexity index is 656. The number of carbonyl (C=O) groups is 1. The molecule has 21 heavy (non-hydrogen) atoms. The highest BCUT2D eigenvalue weighted by Crippen LogP contribution is 2.06. The number of hydrogen-bond donors (Lipinski definition) is 3. The molecule has 0 atom stereocenters. The fraction of sp³-hybridized carbons (Fsp3) is 0.154. The van der Waals surface area contributed by atoms with Gasteiger partial charge in [-0.2, -0.15) is 0 Å². The van der Waals surface area contributed by atoms with Crippen LogP contribution in [0, 0.1) is 6.92 Å². The van der Waals surface area contributed by atoms with Crippen LogP contribution in [0.5, 0.6) is 0 Å². The van der Waals surface area contributed by atoms with Crippen molar-refractivity contribution >= 4 is 36.7 Å². The molecule has 1 aromatic carbocycles. The first-order valence-corrected chi connectivity index (χ1v) is 5.77. The molecular weight excluding hydrogens is 315 g/mol. The molecule has 0 aliphatic heterocycles. The van der Waals surface area contributed by atoms with Crippen LogP contribution in [-0.2, 0) is 6.54 Å². The van der Waals surface area contributed by atoms with Crippen molar-refractivity contribution < 1.29 is 4.79 Å². The minimum Gasteiger partial charge on any atom is -0.326 e. The zero-order valence-corrected chi connectivity index (χ0v) is 12.9. The summed E-state index contributed by atoms with van der Waals surface area (Å²) < 4.78 is 0. The standard InChI is InChI=1S/C13H14N4O2.2ClH/c1-8-6-11(18)16-13(15-8)17-12(19)10-4-2-9(7-14)3-5-10;;/h2-6H,7,14H2,1H3,(H2,15,16,17,18,19);2*1H. The lowest BCUT2D eigenvalue weighted by Crippen LogP contribution is -2.18. The number of hydrogen-bond acceptors (Lipinski definition) is 4. The number of aromatic amines is 1. The monoisotopic (exact) mass is 330 g/mol. The molecule has 1 aromatic heterocycles. The zero-order valence-electron chi connectivity index (χ0n) is 11.3. The number of benzene rings is 1. The van der Waals surface area contributed by atoms with E-state index in [-0.39, 0.29) is 42.2 Å². The lowest BCUT2D eigenvalue weighted by molar-refractivity contribution is 0.102. The van der Waals surface area contributed by atoms with Gasteiger partial charge >= 0.3 is 0 Å². The van der Waals surface area contributed by atoms with E-state index in [9.17, 15) is 9.59 Å². The van der Waals surface area contributed by atoms with E-state index < -0.39 is 0 Å². The van der Waals surface area contributed by atoms with Gasteiger partial charge < -0.3 is 5.73 Å². The Morgan fingerprint density at radius 2 is 1.90 bits per heavy atom. The zero-order chi connectivity index (χ0) is 13.8. The summed E-state index contributed by atoms with van der Waals surface area (Å²) in [4.78, 5) is 29.7. The lowest BCUT2D eigenvalue weighted by atomic mass is 10.1. The van der Waals surface area contributed by atoms with Crippen LogP contribution in [0.25, 0.3) is 0 Å². The molecule has 0 unspecified atom stereocenters. The highest BCUT2D eigenvalue weighted by Gasteiger charge is 2.07. The third-order valence-corrected chi connectivity index (χ3v) is 2.55. The van der Waals surface area contributed by atoms with Gasteiger partial charge in [-0.15, -0.1) is 24.8 Å². The van der Waals surface area contributed by atoms with Crippen molar-refractivity contribution in [3.8, 4) is 0 Å². The molecule has 2 aromatic rings. The number of rotatable bonds is 3. The Labute approximate surface area is 134 Å². The second-order valence-electron chi connectivity index (χ2n) is 4.09. The second-order valence-corrected chi connectivity index (χ2v) is 4.09. The quantitative estimate of drug-likeness (QED) is 0.796. The summed E-state index contributed by atoms with van der Waals surface area (Å²) in [5, 5.41) is 2.54. The summed E-state index contributed by atoms with van der Waals surface area (Å²) in [6.45, 7) is 2.11. The summed E-state index contributed by atoms with van der Waals surface area (Å²) in [5.41, 5.74) is 7.13. The average Bonchev–Trinajstić information content (AvgIpc) is 2.37. The van der Waals surface area contributed by atoms with Gasteiger partial charge in [0.25, 0.3) is 11.5 Å². The van der Waals surface area contributed by atoms with Gasteiger partial charge in [-0.05, 0) is 24.6 Å². The van der Waals surface area contributed by atoms with Crippen LogP contribution in [-0.4, -0.2) is 15.9 Å². The van der Waals surface area contributed by atoms with E-state index in [0.717, 1.165) is 5.56 Å². The first kappa shape index (κ1) is 19.1. The number of aryl methyl sites for hydroxylation is 1. The molecular formula is C13H16Cl2N4O2. The molecule has 1 amide bonds. The number of carbonyl (C=O) groups excluding carboxylic acids is 1. The molecule has 0 fully saturated rings. The molecule has 4 N–H and O–H groups in total. The van der Waals surface area contributed by atoms with Crippen molar-refractivity contribution in [2.75, 3.05) is 5.32 Å². The van der Waals surface area contributed by atoms with Gasteiger partial charge in [-0.25, -0.2) is 4.98 Å². The van der Waals surface area contributed by atoms with Crippen molar-refractivity contribution in [1.29, 1.82) is 0 Å². The molecule has 0 bridgehead atoms. The molecule has 0 saturated heterocycles. The van der Waals surface area contributed by atoms with Crippen LogP contribution in [0.4, 0.5) is 5.95 Å². The molecule has 0 aliphatic carbocycles. The Hall–Kier alpha value is -1.89. The van der Waals surface area contributed by atoms with Crippen LogP contribution in [0.1, 0.15) is 21.6 Å². The maximum Gasteiger partial charge on any atom is 0.257 e. The van der Waals surface area contributed by atoms with Crippen LogP contribution in [0.2, 0.25) is 0 Å². The van der Waals surface area contributed by atoms with Crippen LogP contribution in [0.15, 0.2) is 35.1 Å². The van der Waals surface area contributed by atoms with Gasteiger partial charge in [-0.1, -0.05) is 12.1 Å². The van der Waals surface area contributed by atoms with Crippen molar-refractivity contribution in [2.24, 2.45) is 5.73 Å². The number of nitrogens with two attached hydrogens (primary N) is 1. The van der Waals surface area contributed by atoms with E-state index in [2.05, 4.69) is 15.3 Å². The third kappa shape index (κ3) is 5.18. The fourth-order valence-electron chi connectivity index (χ4n) is 1.61. The van der Waals surface area contributed by atoms with E-state index in [1.165, 1.54) is 6.07 Å². The van der Waals surface area contributed by atoms with E-state index in [0.29, 0.717) is 17.8 Å². The Kier molecular flexibility index (Phi) is 7.65. The fourth-order valence-corrected chi connectivity index (χ4v) is 1.61. The number of anilines is 1. The maximum atomic E-state index is 11.9. The van der Waals surface area contributed by atoms with Gasteiger partial charge in [0.15, 0.2) is 0 Å². The van der Waals surface area contributed by atoms with Crippen molar-refractivity contribution in [3.63, 3.8) is 0 Å². The molecule has 0 aliphatic rings. The average molecular weight is 331 g/mol. The highest BCUT2D eigenvalue weighted by atomic mass is 35.5. The lowest BCUT2D eigenvalue weighted by Gasteiger charge is -2.05. The molecule has 2 rings (SSSR count). The molecule has 0 radical (unpaired) electrons. The number of H-pyrrole nitrogens is 1. The van der Waals surface area contributed by atoms with Gasteiger partial charge in [0.05, 0.1) is 0 Å². The van der Waals surface area contributed by atoms with Crippen LogP contribution < -0.4 is 16.6 Å². The minimum absolute atomic E-state index is 0. The Balaban J connectivity index is 0.00000200. The van der Waals surface area contributed by atoms with E-state index in [4.69, 9.17) is 5.73 Å². The van der Waals surface area contributed by atoms with Crippen LogP contribution in [0.3, 0.4) is 0 Å². The molecule has 1 heterocycles. The maximum absolute atomic E-state index is 11.9. The summed E-state index contributed by atoms with van der Waals surface area (Å²) in [6.07, 6.45) is 0. The van der Waals surface area contributed by atoms with Crippen molar-refractivity contribution in [1.82, 2.24) is 9.97 Å². The largest absolute Gasteiger partial charge is 0.326 e. The first-order chi connectivity index (χ1) is 9.08. The first-order valence-electron chi connectivity index (χ1n) is 5.77. The molecule has 6 nitrogen and oxygen atoms in total. The van der Waals surface area contributed by atoms with Crippen molar-refractivity contribution in [2.45, 2.75) is 13.5 Å². The number of halogens is 2. The predicted molar refractivity (Wildman–Crippen MR) is 86.4 cm³/mol. The number of nitrogens with one attached hydrogen (secondary N) is 2. The second kappa shape index (κ2) is 8.41.